The van der Waals surface area contributed by atoms with Crippen molar-refractivity contribution in [1.29, 1.82) is 0 Å². The minimum atomic E-state index is -1.40. The lowest BCUT2D eigenvalue weighted by Gasteiger charge is -2.37. The maximum Gasteiger partial charge on any atom is 0.511 e. The van der Waals surface area contributed by atoms with Crippen LogP contribution in [-0.2, 0) is 31.2 Å². The lowest BCUT2D eigenvalue weighted by Crippen LogP contribution is -3.00. The van der Waals surface area contributed by atoms with Gasteiger partial charge in [0.2, 0.25) is 12.6 Å². The van der Waals surface area contributed by atoms with Crippen LogP contribution in [0, 0.1) is 17.6 Å². The van der Waals surface area contributed by atoms with E-state index < -0.39 is 60.4 Å². The number of carboxylic acids is 1. The molecule has 5 aromatic rings. The summed E-state index contributed by atoms with van der Waals surface area (Å²) in [5, 5.41) is 27.6. The summed E-state index contributed by atoms with van der Waals surface area (Å²) in [7, 11) is 0. The third kappa shape index (κ3) is 11.7. The molecule has 65 heavy (non-hydrogen) atoms. The number of aromatic nitrogens is 6. The van der Waals surface area contributed by atoms with E-state index in [2.05, 4.69) is 20.0 Å². The van der Waals surface area contributed by atoms with Gasteiger partial charge in [0.1, 0.15) is 48.5 Å². The smallest absolute Gasteiger partial charge is 0.511 e. The van der Waals surface area contributed by atoms with Crippen LogP contribution in [0.4, 0.5) is 25.0 Å². The van der Waals surface area contributed by atoms with E-state index in [-0.39, 0.29) is 61.7 Å². The van der Waals surface area contributed by atoms with Gasteiger partial charge in [-0.25, -0.2) is 27.6 Å². The Bertz CT molecular complexity index is 2410. The van der Waals surface area contributed by atoms with E-state index in [4.69, 9.17) is 29.8 Å². The summed E-state index contributed by atoms with van der Waals surface area (Å²) in [5.41, 5.74) is 6.82. The van der Waals surface area contributed by atoms with Crippen molar-refractivity contribution in [1.82, 2.24) is 24.1 Å². The van der Waals surface area contributed by atoms with Crippen molar-refractivity contribution in [2.24, 2.45) is 11.7 Å². The molecule has 2 aliphatic rings. The van der Waals surface area contributed by atoms with Crippen LogP contribution >= 0.6 is 12.4 Å². The number of carboxylic acid groups (broad SMARTS) is 1. The number of nitrogens with two attached hydrogens (primary N) is 1. The van der Waals surface area contributed by atoms with Gasteiger partial charge in [0, 0.05) is 67.1 Å². The normalized spacial score (nSPS) is 19.0. The molecule has 22 heteroatoms. The van der Waals surface area contributed by atoms with E-state index in [0.29, 0.717) is 24.3 Å². The molecule has 0 spiro atoms. The van der Waals surface area contributed by atoms with Gasteiger partial charge >= 0.3 is 17.8 Å². The van der Waals surface area contributed by atoms with Crippen LogP contribution in [0.1, 0.15) is 51.4 Å². The molecule has 4 N–H and O–H groups in total. The van der Waals surface area contributed by atoms with Crippen LogP contribution < -0.4 is 42.9 Å². The first-order valence-corrected chi connectivity index (χ1v) is 20.8. The summed E-state index contributed by atoms with van der Waals surface area (Å²) in [6.45, 7) is 8.27. The molecule has 1 unspecified atom stereocenters. The molecule has 0 bridgehead atoms. The first kappa shape index (κ1) is 50.2. The van der Waals surface area contributed by atoms with Crippen LogP contribution in [-0.4, -0.2) is 105 Å². The summed E-state index contributed by atoms with van der Waals surface area (Å²) in [4.78, 5) is 40.7. The first-order valence-electron chi connectivity index (χ1n) is 20.8. The van der Waals surface area contributed by atoms with Gasteiger partial charge in [0.05, 0.1) is 31.0 Å². The van der Waals surface area contributed by atoms with Gasteiger partial charge in [-0.15, -0.1) is 17.1 Å². The Labute approximate surface area is 385 Å². The molecule has 3 aromatic carbocycles. The number of hydrogen-bond acceptors (Lipinski definition) is 13. The lowest BCUT2D eigenvalue weighted by molar-refractivity contribution is -0.754. The van der Waals surface area contributed by atoms with Gasteiger partial charge in [-0.05, 0) is 74.4 Å². The van der Waals surface area contributed by atoms with E-state index >= 15 is 4.39 Å². The highest BCUT2D eigenvalue weighted by Crippen LogP contribution is 2.42. The van der Waals surface area contributed by atoms with E-state index in [1.165, 1.54) is 49.6 Å². The molecular weight excluding hydrogens is 895 g/mol. The predicted octanol–water partition coefficient (Wildman–Crippen LogP) is 0.975. The van der Waals surface area contributed by atoms with Crippen LogP contribution in [0.15, 0.2) is 90.5 Å². The van der Waals surface area contributed by atoms with E-state index in [0.717, 1.165) is 43.6 Å². The molecule has 6 atom stereocenters. The van der Waals surface area contributed by atoms with Crippen LogP contribution in [0.5, 0.6) is 5.75 Å². The third-order valence-electron chi connectivity index (χ3n) is 11.5. The SMILES string of the molecule is CC[C@@H]([C@H](C)O)n1ncn(-c2ccc(N3CCN(c4ccc(OC[C@@H]5CO[C@@](Cn6c[n+](C(C)OC(=O)OC[C@H](N)C(=O)O)cn6)(c6ccc(F)cc6F)C5)cc4)CC3)cc2)c1=O.Cl.[Cl-]. The largest absolute Gasteiger partial charge is 1.00 e. The number of anilines is 2. The van der Waals surface area contributed by atoms with Crippen LogP contribution in [0.2, 0.25) is 0 Å². The predicted molar refractivity (Wildman–Crippen MR) is 230 cm³/mol. The van der Waals surface area contributed by atoms with Gasteiger partial charge in [-0.3, -0.25) is 4.79 Å². The fourth-order valence-corrected chi connectivity index (χ4v) is 8.00. The molecule has 18 nitrogen and oxygen atoms in total. The molecule has 2 saturated heterocycles. The van der Waals surface area contributed by atoms with Crippen molar-refractivity contribution in [2.75, 3.05) is 55.8 Å². The Morgan fingerprint density at radius 3 is 2.22 bits per heavy atom. The summed E-state index contributed by atoms with van der Waals surface area (Å²) >= 11 is 0. The van der Waals surface area contributed by atoms with Crippen molar-refractivity contribution >= 4 is 35.9 Å². The number of benzene rings is 3. The second-order valence-corrected chi connectivity index (χ2v) is 15.9. The monoisotopic (exact) mass is 947 g/mol. The number of aliphatic carboxylic acids is 1. The van der Waals surface area contributed by atoms with Crippen molar-refractivity contribution in [3.05, 3.63) is 113 Å². The highest BCUT2D eigenvalue weighted by molar-refractivity contribution is 5.85. The quantitative estimate of drug-likeness (QED) is 0.0879. The molecule has 0 saturated carbocycles. The summed E-state index contributed by atoms with van der Waals surface area (Å²) in [6.07, 6.45) is 2.59. The van der Waals surface area contributed by atoms with Gasteiger partial charge < -0.3 is 57.1 Å². The zero-order valence-electron chi connectivity index (χ0n) is 36.0. The molecule has 0 radical (unpaired) electrons. The first-order chi connectivity index (χ1) is 30.2. The Hall–Kier alpha value is -5.80. The summed E-state index contributed by atoms with van der Waals surface area (Å²) < 4.78 is 57.7. The van der Waals surface area contributed by atoms with Gasteiger partial charge in [-0.1, -0.05) is 13.0 Å². The number of carbonyl (C=O) groups excluding carboxylic acids is 1. The molecular formula is C43H53Cl2F2N9O9. The molecule has 352 valence electrons. The number of halogens is 4. The topological polar surface area (TPSA) is 206 Å². The number of aliphatic hydroxyl groups is 1. The van der Waals surface area contributed by atoms with Gasteiger partial charge in [0.25, 0.3) is 6.33 Å². The molecule has 2 aliphatic heterocycles. The second kappa shape index (κ2) is 21.9. The lowest BCUT2D eigenvalue weighted by atomic mass is 9.87. The highest BCUT2D eigenvalue weighted by atomic mass is 35.5. The van der Waals surface area contributed by atoms with Crippen LogP contribution in [0.25, 0.3) is 5.69 Å². The number of ether oxygens (including phenoxy) is 4. The van der Waals surface area contributed by atoms with Crippen molar-refractivity contribution in [3.63, 3.8) is 0 Å². The maximum atomic E-state index is 15.4. The number of aliphatic hydroxyl groups excluding tert-OH is 1. The van der Waals surface area contributed by atoms with Crippen molar-refractivity contribution in [2.45, 2.75) is 70.2 Å². The molecule has 4 heterocycles. The average molecular weight is 949 g/mol. The molecule has 7 rings (SSSR count). The Balaban J connectivity index is 0.00000397. The number of nitrogens with zero attached hydrogens (tertiary/aromatic N) is 8. The van der Waals surface area contributed by atoms with E-state index in [1.54, 1.807) is 13.8 Å². The summed E-state index contributed by atoms with van der Waals surface area (Å²) in [6, 6.07) is 17.2. The molecule has 2 fully saturated rings. The zero-order chi connectivity index (χ0) is 44.8. The minimum absolute atomic E-state index is 0. The highest BCUT2D eigenvalue weighted by Gasteiger charge is 2.46. The Kier molecular flexibility index (Phi) is 16.9. The number of carbonyl (C=O) groups is 2. The summed E-state index contributed by atoms with van der Waals surface area (Å²) in [5.74, 6) is -2.31. The van der Waals surface area contributed by atoms with Crippen molar-refractivity contribution in [3.8, 4) is 11.4 Å². The Morgan fingerprint density at radius 2 is 1.62 bits per heavy atom. The van der Waals surface area contributed by atoms with Crippen molar-refractivity contribution < 1.29 is 64.5 Å². The minimum Gasteiger partial charge on any atom is -1.00 e. The molecule has 0 aliphatic carbocycles. The standard InChI is InChI=1S/C43H51F2N9O9.2ClH/c1-4-39(28(2)55)54-41(58)53(26-48-54)34-8-6-32(7-9-34)49-15-17-50(18-16-49)33-10-12-35(13-11-33)60-21-30-20-43(62-22-30,36-14-5-31(44)19-37(36)45)24-52-27-51(25-47-52)29(3)63-42(59)61-23-38(46)40(56)57;;/h5-14,19,25-30,38-39,55H,4,15-18,20-24,46H2,1-3H3;2*1H/t28-,29?,30+,38-,39-,43-;;/m0../s1. The third-order valence-corrected chi connectivity index (χ3v) is 11.5. The van der Waals surface area contributed by atoms with E-state index in [9.17, 15) is 23.9 Å². The van der Waals surface area contributed by atoms with Gasteiger partial charge in [0.15, 0.2) is 0 Å². The second-order valence-electron chi connectivity index (χ2n) is 15.9. The molecule has 2 aromatic heterocycles. The zero-order valence-corrected chi connectivity index (χ0v) is 37.6. The van der Waals surface area contributed by atoms with Gasteiger partial charge in [-0.2, -0.15) is 9.67 Å². The molecule has 0 amide bonds. The number of piperazine rings is 1. The fourth-order valence-electron chi connectivity index (χ4n) is 8.00. The number of hydrogen-bond donors (Lipinski definition) is 3. The fraction of sp³-hybridized carbons (Fsp3) is 0.442. The maximum absolute atomic E-state index is 15.4. The van der Waals surface area contributed by atoms with Crippen LogP contribution in [0.3, 0.4) is 0 Å². The van der Waals surface area contributed by atoms with E-state index in [1.807, 2.05) is 55.5 Å². The average Bonchev–Trinajstić information content (AvgIpc) is 4.02. The number of rotatable bonds is 17. The Morgan fingerprint density at radius 1 is 0.985 bits per heavy atom.